The molecule has 22 heavy (non-hydrogen) atoms. The Kier molecular flexibility index (Phi) is 3.52. The molecule has 1 aliphatic rings. The predicted octanol–water partition coefficient (Wildman–Crippen LogP) is 1.73. The lowest BCUT2D eigenvalue weighted by Crippen LogP contribution is -2.48. The van der Waals surface area contributed by atoms with Crippen LogP contribution >= 0.6 is 0 Å². The number of carbonyl (C=O) groups excluding carboxylic acids is 1. The molecule has 112 valence electrons. The fourth-order valence-electron chi connectivity index (χ4n) is 2.40. The van der Waals surface area contributed by atoms with Crippen LogP contribution in [0, 0.1) is 0 Å². The molecule has 1 atom stereocenters. The van der Waals surface area contributed by atoms with Gasteiger partial charge in [-0.3, -0.25) is 9.69 Å². The van der Waals surface area contributed by atoms with E-state index in [4.69, 9.17) is 5.11 Å². The minimum Gasteiger partial charge on any atom is -0.478 e. The van der Waals surface area contributed by atoms with E-state index in [2.05, 4.69) is 5.32 Å². The molecule has 0 radical (unpaired) electrons. The zero-order valence-corrected chi connectivity index (χ0v) is 11.6. The Morgan fingerprint density at radius 1 is 1.18 bits per heavy atom. The second kappa shape index (κ2) is 5.50. The molecule has 1 aliphatic heterocycles. The Hall–Kier alpha value is -2.86. The average molecular weight is 298 g/mol. The summed E-state index contributed by atoms with van der Waals surface area (Å²) >= 11 is 0. The topological polar surface area (TPSA) is 89.9 Å². The number of nitrogens with zero attached hydrogens (tertiary/aromatic N) is 1. The summed E-state index contributed by atoms with van der Waals surface area (Å²) in [6.07, 6.45) is -1.20. The van der Waals surface area contributed by atoms with Crippen molar-refractivity contribution in [1.82, 2.24) is 4.90 Å². The molecule has 1 heterocycles. The molecule has 0 aromatic heterocycles. The van der Waals surface area contributed by atoms with Gasteiger partial charge in [-0.2, -0.15) is 0 Å². The number of hydrogen-bond donors (Lipinski definition) is 3. The van der Waals surface area contributed by atoms with Crippen LogP contribution in [0.5, 0.6) is 0 Å². The number of carboxylic acids is 1. The maximum Gasteiger partial charge on any atom is 0.335 e. The van der Waals surface area contributed by atoms with Crippen LogP contribution < -0.4 is 5.32 Å². The lowest BCUT2D eigenvalue weighted by atomic mass is 10.1. The molecule has 0 spiro atoms. The van der Waals surface area contributed by atoms with Crippen LogP contribution in [0.25, 0.3) is 0 Å². The number of aromatic carboxylic acids is 1. The molecule has 2 aromatic rings. The first-order valence-corrected chi connectivity index (χ1v) is 6.73. The summed E-state index contributed by atoms with van der Waals surface area (Å²) < 4.78 is 0. The molecule has 0 fully saturated rings. The van der Waals surface area contributed by atoms with Crippen molar-refractivity contribution in [2.24, 2.45) is 0 Å². The van der Waals surface area contributed by atoms with Gasteiger partial charge in [-0.15, -0.1) is 0 Å². The number of nitrogens with one attached hydrogen (secondary N) is 1. The van der Waals surface area contributed by atoms with E-state index in [1.54, 1.807) is 0 Å². The van der Waals surface area contributed by atoms with E-state index < -0.39 is 12.3 Å². The molecule has 0 aliphatic carbocycles. The number of benzene rings is 2. The molecule has 6 nitrogen and oxygen atoms in total. The lowest BCUT2D eigenvalue weighted by molar-refractivity contribution is 0.0148. The number of anilines is 1. The Bertz CT molecular complexity index is 730. The van der Waals surface area contributed by atoms with Crippen LogP contribution in [-0.4, -0.2) is 33.3 Å². The van der Waals surface area contributed by atoms with Crippen LogP contribution in [0.15, 0.2) is 48.5 Å². The van der Waals surface area contributed by atoms with Crippen molar-refractivity contribution < 1.29 is 19.8 Å². The normalized spacial score (nSPS) is 16.9. The molecule has 6 heteroatoms. The smallest absolute Gasteiger partial charge is 0.335 e. The molecule has 0 saturated heterocycles. The van der Waals surface area contributed by atoms with E-state index >= 15 is 0 Å². The lowest BCUT2D eigenvalue weighted by Gasteiger charge is -2.34. The van der Waals surface area contributed by atoms with Gasteiger partial charge in [-0.05, 0) is 23.8 Å². The molecule has 0 bridgehead atoms. The fraction of sp³-hybridized carbons (Fsp3) is 0.125. The highest BCUT2D eigenvalue weighted by Crippen LogP contribution is 2.27. The SMILES string of the molecule is O=C(O)c1ccc2c(c1)NC(O)N(Cc1ccccc1)C2=O. The van der Waals surface area contributed by atoms with E-state index in [1.807, 2.05) is 30.3 Å². The van der Waals surface area contributed by atoms with E-state index in [9.17, 15) is 14.7 Å². The average Bonchev–Trinajstić information content (AvgIpc) is 2.52. The molecule has 1 amide bonds. The molecule has 0 saturated carbocycles. The number of aliphatic hydroxyl groups excluding tert-OH is 1. The largest absolute Gasteiger partial charge is 0.478 e. The van der Waals surface area contributed by atoms with Gasteiger partial charge in [0.1, 0.15) is 0 Å². The van der Waals surface area contributed by atoms with Crippen molar-refractivity contribution in [3.8, 4) is 0 Å². The number of hydrogen-bond acceptors (Lipinski definition) is 4. The predicted molar refractivity (Wildman–Crippen MR) is 79.3 cm³/mol. The van der Waals surface area contributed by atoms with Crippen molar-refractivity contribution >= 4 is 17.6 Å². The number of carbonyl (C=O) groups is 2. The molecule has 1 unspecified atom stereocenters. The zero-order valence-electron chi connectivity index (χ0n) is 11.6. The second-order valence-electron chi connectivity index (χ2n) is 5.00. The third-order valence-electron chi connectivity index (χ3n) is 3.53. The second-order valence-corrected chi connectivity index (χ2v) is 5.00. The van der Waals surface area contributed by atoms with Crippen LogP contribution in [0.4, 0.5) is 5.69 Å². The van der Waals surface area contributed by atoms with E-state index in [-0.39, 0.29) is 18.0 Å². The highest BCUT2D eigenvalue weighted by molar-refractivity contribution is 6.03. The van der Waals surface area contributed by atoms with Gasteiger partial charge < -0.3 is 15.5 Å². The standard InChI is InChI=1S/C16H14N2O4/c19-14-12-7-6-11(15(20)21)8-13(12)17-16(22)18(14)9-10-4-2-1-3-5-10/h1-8,16-17,22H,9H2,(H,20,21). The molecule has 3 N–H and O–H groups in total. The molecular formula is C16H14N2O4. The molecule has 3 rings (SSSR count). The van der Waals surface area contributed by atoms with E-state index in [0.29, 0.717) is 11.3 Å². The minimum absolute atomic E-state index is 0.0581. The van der Waals surface area contributed by atoms with Crippen molar-refractivity contribution in [2.75, 3.05) is 5.32 Å². The fourth-order valence-corrected chi connectivity index (χ4v) is 2.40. The highest BCUT2D eigenvalue weighted by Gasteiger charge is 2.31. The number of amides is 1. The summed E-state index contributed by atoms with van der Waals surface area (Å²) in [6, 6.07) is 13.5. The quantitative estimate of drug-likeness (QED) is 0.803. The van der Waals surface area contributed by atoms with Crippen LogP contribution in [0.1, 0.15) is 26.3 Å². The first kappa shape index (κ1) is 14.1. The summed E-state index contributed by atoms with van der Waals surface area (Å²) in [5, 5.41) is 21.9. The van der Waals surface area contributed by atoms with Gasteiger partial charge in [0.25, 0.3) is 5.91 Å². The van der Waals surface area contributed by atoms with Crippen LogP contribution in [-0.2, 0) is 6.54 Å². The van der Waals surface area contributed by atoms with Crippen LogP contribution in [0.3, 0.4) is 0 Å². The van der Waals surface area contributed by atoms with Gasteiger partial charge in [-0.25, -0.2) is 4.79 Å². The van der Waals surface area contributed by atoms with Gasteiger partial charge in [0.05, 0.1) is 23.4 Å². The Morgan fingerprint density at radius 3 is 2.59 bits per heavy atom. The zero-order chi connectivity index (χ0) is 15.7. The monoisotopic (exact) mass is 298 g/mol. The molecule has 2 aromatic carbocycles. The van der Waals surface area contributed by atoms with Crippen molar-refractivity contribution in [2.45, 2.75) is 12.9 Å². The summed E-state index contributed by atoms with van der Waals surface area (Å²) in [6.45, 7) is 0.258. The van der Waals surface area contributed by atoms with Gasteiger partial charge in [0.15, 0.2) is 0 Å². The molecular weight excluding hydrogens is 284 g/mol. The number of carboxylic acid groups (broad SMARTS) is 1. The van der Waals surface area contributed by atoms with Gasteiger partial charge in [0.2, 0.25) is 6.35 Å². The maximum absolute atomic E-state index is 12.5. The Labute approximate surface area is 126 Å². The summed E-state index contributed by atoms with van der Waals surface area (Å²) in [5.41, 5.74) is 1.61. The summed E-state index contributed by atoms with van der Waals surface area (Å²) in [5.74, 6) is -1.43. The van der Waals surface area contributed by atoms with E-state index in [1.165, 1.54) is 23.1 Å². The summed E-state index contributed by atoms with van der Waals surface area (Å²) in [7, 11) is 0. The van der Waals surface area contributed by atoms with Crippen molar-refractivity contribution in [1.29, 1.82) is 0 Å². The Morgan fingerprint density at radius 2 is 1.91 bits per heavy atom. The van der Waals surface area contributed by atoms with Crippen molar-refractivity contribution in [3.63, 3.8) is 0 Å². The number of rotatable bonds is 3. The maximum atomic E-state index is 12.5. The minimum atomic E-state index is -1.20. The van der Waals surface area contributed by atoms with Gasteiger partial charge >= 0.3 is 5.97 Å². The first-order chi connectivity index (χ1) is 10.6. The first-order valence-electron chi connectivity index (χ1n) is 6.73. The van der Waals surface area contributed by atoms with Crippen LogP contribution in [0.2, 0.25) is 0 Å². The third kappa shape index (κ3) is 2.51. The van der Waals surface area contributed by atoms with Gasteiger partial charge in [0, 0.05) is 0 Å². The van der Waals surface area contributed by atoms with Gasteiger partial charge in [-0.1, -0.05) is 30.3 Å². The summed E-state index contributed by atoms with van der Waals surface area (Å²) in [4.78, 5) is 24.8. The number of aliphatic hydroxyl groups is 1. The van der Waals surface area contributed by atoms with Crippen molar-refractivity contribution in [3.05, 3.63) is 65.2 Å². The highest BCUT2D eigenvalue weighted by atomic mass is 16.4. The third-order valence-corrected chi connectivity index (χ3v) is 3.53. The number of fused-ring (bicyclic) bond motifs is 1. The van der Waals surface area contributed by atoms with E-state index in [0.717, 1.165) is 5.56 Å². The Balaban J connectivity index is 1.91.